The fraction of sp³-hybridized carbons (Fsp3) is 0.0741. The molecule has 0 atom stereocenters. The number of nitriles is 1. The Morgan fingerprint density at radius 1 is 1.00 bits per heavy atom. The minimum atomic E-state index is -0.167. The molecule has 0 spiro atoms. The average molecular weight is 514 g/mol. The lowest BCUT2D eigenvalue weighted by Gasteiger charge is -2.13. The normalized spacial score (nSPS) is 10.5. The number of nitrogens with one attached hydrogen (secondary N) is 1. The van der Waals surface area contributed by atoms with Crippen LogP contribution in [0.5, 0.6) is 0 Å². The Hall–Kier alpha value is -3.40. The maximum absolute atomic E-state index is 12.6. The Labute approximate surface area is 205 Å². The van der Waals surface area contributed by atoms with E-state index in [0.717, 1.165) is 32.4 Å². The number of aryl methyl sites for hydroxylation is 1. The van der Waals surface area contributed by atoms with E-state index in [1.165, 1.54) is 11.8 Å². The quantitative estimate of drug-likeness (QED) is 0.279. The van der Waals surface area contributed by atoms with Crippen molar-refractivity contribution in [1.82, 2.24) is 4.98 Å². The summed E-state index contributed by atoms with van der Waals surface area (Å²) in [4.78, 5) is 17.4. The van der Waals surface area contributed by atoms with Crippen LogP contribution in [-0.2, 0) is 4.79 Å². The average Bonchev–Trinajstić information content (AvgIpc) is 2.84. The van der Waals surface area contributed by atoms with Gasteiger partial charge < -0.3 is 5.32 Å². The molecule has 0 saturated heterocycles. The number of amides is 1. The molecule has 0 saturated carbocycles. The third-order valence-corrected chi connectivity index (χ3v) is 6.68. The summed E-state index contributed by atoms with van der Waals surface area (Å²) in [5.74, 6) is -0.0335. The Morgan fingerprint density at radius 2 is 1.70 bits per heavy atom. The minimum absolute atomic E-state index is 0.134. The summed E-state index contributed by atoms with van der Waals surface area (Å²) in [6.07, 6.45) is 0. The van der Waals surface area contributed by atoms with Crippen molar-refractivity contribution < 1.29 is 4.79 Å². The van der Waals surface area contributed by atoms with Crippen molar-refractivity contribution in [3.8, 4) is 28.5 Å². The number of para-hydroxylation sites is 1. The minimum Gasteiger partial charge on any atom is -0.324 e. The molecule has 162 valence electrons. The Morgan fingerprint density at radius 3 is 2.39 bits per heavy atom. The van der Waals surface area contributed by atoms with E-state index < -0.39 is 0 Å². The van der Waals surface area contributed by atoms with Crippen LogP contribution in [0.2, 0.25) is 0 Å². The maximum Gasteiger partial charge on any atom is 0.234 e. The van der Waals surface area contributed by atoms with Gasteiger partial charge in [-0.3, -0.25) is 4.79 Å². The van der Waals surface area contributed by atoms with Crippen LogP contribution < -0.4 is 5.32 Å². The zero-order valence-electron chi connectivity index (χ0n) is 17.9. The van der Waals surface area contributed by atoms with Gasteiger partial charge in [-0.1, -0.05) is 84.1 Å². The van der Waals surface area contributed by atoms with Crippen molar-refractivity contribution >= 4 is 39.3 Å². The zero-order chi connectivity index (χ0) is 23.2. The summed E-state index contributed by atoms with van der Waals surface area (Å²) in [6, 6.07) is 29.6. The molecule has 0 aliphatic carbocycles. The number of thioether (sulfide) groups is 1. The lowest BCUT2D eigenvalue weighted by molar-refractivity contribution is -0.113. The van der Waals surface area contributed by atoms with Crippen LogP contribution in [-0.4, -0.2) is 16.6 Å². The number of nitrogens with zero attached hydrogens (tertiary/aromatic N) is 2. The maximum atomic E-state index is 12.6. The molecule has 0 radical (unpaired) electrons. The van der Waals surface area contributed by atoms with Gasteiger partial charge in [-0.25, -0.2) is 4.98 Å². The first-order valence-corrected chi connectivity index (χ1v) is 12.1. The predicted molar refractivity (Wildman–Crippen MR) is 138 cm³/mol. The molecule has 1 aromatic heterocycles. The van der Waals surface area contributed by atoms with Crippen LogP contribution in [0, 0.1) is 18.3 Å². The molecule has 0 aliphatic heterocycles. The van der Waals surface area contributed by atoms with Crippen molar-refractivity contribution in [1.29, 1.82) is 5.26 Å². The van der Waals surface area contributed by atoms with Crippen LogP contribution in [0.4, 0.5) is 5.69 Å². The fourth-order valence-electron chi connectivity index (χ4n) is 3.33. The third-order valence-electron chi connectivity index (χ3n) is 5.02. The summed E-state index contributed by atoms with van der Waals surface area (Å²) in [7, 11) is 0. The van der Waals surface area contributed by atoms with E-state index in [2.05, 4.69) is 27.3 Å². The molecule has 6 heteroatoms. The van der Waals surface area contributed by atoms with Crippen molar-refractivity contribution in [3.05, 3.63) is 101 Å². The van der Waals surface area contributed by atoms with Gasteiger partial charge in [-0.15, -0.1) is 0 Å². The van der Waals surface area contributed by atoms with Crippen LogP contribution in [0.1, 0.15) is 11.1 Å². The highest BCUT2D eigenvalue weighted by Gasteiger charge is 2.17. The molecule has 4 nitrogen and oxygen atoms in total. The van der Waals surface area contributed by atoms with E-state index in [-0.39, 0.29) is 11.7 Å². The van der Waals surface area contributed by atoms with Crippen molar-refractivity contribution in [2.75, 3.05) is 11.1 Å². The van der Waals surface area contributed by atoms with E-state index in [4.69, 9.17) is 4.98 Å². The number of benzene rings is 3. The van der Waals surface area contributed by atoms with Gasteiger partial charge in [0, 0.05) is 15.6 Å². The number of anilines is 1. The van der Waals surface area contributed by atoms with E-state index in [1.54, 1.807) is 0 Å². The lowest BCUT2D eigenvalue weighted by atomic mass is 9.98. The second kappa shape index (κ2) is 10.5. The summed E-state index contributed by atoms with van der Waals surface area (Å²) in [5.41, 5.74) is 5.78. The van der Waals surface area contributed by atoms with E-state index >= 15 is 0 Å². The monoisotopic (exact) mass is 513 g/mol. The topological polar surface area (TPSA) is 65.8 Å². The van der Waals surface area contributed by atoms with Crippen LogP contribution in [0.3, 0.4) is 0 Å². The first kappa shape index (κ1) is 22.8. The Bertz CT molecular complexity index is 1330. The second-order valence-corrected chi connectivity index (χ2v) is 9.21. The summed E-state index contributed by atoms with van der Waals surface area (Å²) in [5, 5.41) is 13.4. The van der Waals surface area contributed by atoms with Gasteiger partial charge in [0.15, 0.2) is 0 Å². The molecular weight excluding hydrogens is 494 g/mol. The largest absolute Gasteiger partial charge is 0.324 e. The number of carbonyl (C=O) groups excluding carboxylic acids is 1. The van der Waals surface area contributed by atoms with Gasteiger partial charge in [0.1, 0.15) is 11.1 Å². The summed E-state index contributed by atoms with van der Waals surface area (Å²) < 4.78 is 0.812. The first-order valence-electron chi connectivity index (χ1n) is 10.3. The van der Waals surface area contributed by atoms with E-state index in [9.17, 15) is 10.1 Å². The molecule has 3 aromatic carbocycles. The van der Waals surface area contributed by atoms with Gasteiger partial charge in [0.05, 0.1) is 22.7 Å². The highest BCUT2D eigenvalue weighted by atomic mass is 79.9. The number of carbonyl (C=O) groups is 1. The Kier molecular flexibility index (Phi) is 7.23. The van der Waals surface area contributed by atoms with Crippen molar-refractivity contribution in [3.63, 3.8) is 0 Å². The molecule has 1 heterocycles. The molecule has 33 heavy (non-hydrogen) atoms. The Balaban J connectivity index is 1.69. The van der Waals surface area contributed by atoms with E-state index in [1.807, 2.05) is 91.9 Å². The molecule has 1 N–H and O–H groups in total. The third kappa shape index (κ3) is 5.51. The summed E-state index contributed by atoms with van der Waals surface area (Å²) >= 11 is 4.71. The molecule has 1 amide bonds. The first-order chi connectivity index (χ1) is 16.0. The molecule has 0 bridgehead atoms. The van der Waals surface area contributed by atoms with Gasteiger partial charge in [-0.2, -0.15) is 5.26 Å². The van der Waals surface area contributed by atoms with Crippen LogP contribution >= 0.6 is 27.7 Å². The number of hydrogen-bond donors (Lipinski definition) is 1. The van der Waals surface area contributed by atoms with Gasteiger partial charge >= 0.3 is 0 Å². The predicted octanol–water partition coefficient (Wildman–Crippen LogP) is 7.09. The van der Waals surface area contributed by atoms with Crippen LogP contribution in [0.15, 0.2) is 94.4 Å². The van der Waals surface area contributed by atoms with Crippen molar-refractivity contribution in [2.24, 2.45) is 0 Å². The fourth-order valence-corrected chi connectivity index (χ4v) is 4.52. The van der Waals surface area contributed by atoms with Gasteiger partial charge in [0.25, 0.3) is 0 Å². The molecule has 0 fully saturated rings. The lowest BCUT2D eigenvalue weighted by Crippen LogP contribution is -2.14. The highest BCUT2D eigenvalue weighted by molar-refractivity contribution is 9.10. The van der Waals surface area contributed by atoms with E-state index in [0.29, 0.717) is 16.3 Å². The smallest absolute Gasteiger partial charge is 0.234 e. The number of halogens is 1. The summed E-state index contributed by atoms with van der Waals surface area (Å²) in [6.45, 7) is 2.03. The highest BCUT2D eigenvalue weighted by Crippen LogP contribution is 2.34. The van der Waals surface area contributed by atoms with Crippen LogP contribution in [0.25, 0.3) is 22.4 Å². The number of pyridine rings is 1. The zero-order valence-corrected chi connectivity index (χ0v) is 20.3. The number of hydrogen-bond acceptors (Lipinski definition) is 4. The van der Waals surface area contributed by atoms with Gasteiger partial charge in [0.2, 0.25) is 5.91 Å². The molecule has 4 rings (SSSR count). The number of rotatable bonds is 6. The molecule has 0 aliphatic rings. The van der Waals surface area contributed by atoms with Crippen molar-refractivity contribution in [2.45, 2.75) is 11.9 Å². The van der Waals surface area contributed by atoms with Gasteiger partial charge in [-0.05, 0) is 46.6 Å². The number of aromatic nitrogens is 1. The molecule has 4 aromatic rings. The SMILES string of the molecule is Cc1ccc(-c2cc(-c3ccccc3)nc(SCC(=O)Nc3ccccc3Br)c2C#N)cc1. The second-order valence-electron chi connectivity index (χ2n) is 7.40. The molecule has 0 unspecified atom stereocenters. The standard InChI is InChI=1S/C27H20BrN3OS/c1-18-11-13-19(14-12-18)21-15-25(20-7-3-2-4-8-20)31-27(22(21)16-29)33-17-26(32)30-24-10-6-5-9-23(24)28/h2-15H,17H2,1H3,(H,30,32). The molecular formula is C27H20BrN3OS.